The molecule has 0 aliphatic carbocycles. The Labute approximate surface area is 149 Å². The molecule has 0 bridgehead atoms. The van der Waals surface area contributed by atoms with Crippen molar-refractivity contribution >= 4 is 11.8 Å². The van der Waals surface area contributed by atoms with Gasteiger partial charge >= 0.3 is 0 Å². The van der Waals surface area contributed by atoms with E-state index >= 15 is 0 Å². The summed E-state index contributed by atoms with van der Waals surface area (Å²) in [6.45, 7) is 5.69. The monoisotopic (exact) mass is 348 g/mol. The van der Waals surface area contributed by atoms with Gasteiger partial charge in [-0.2, -0.15) is 0 Å². The fourth-order valence-electron chi connectivity index (χ4n) is 3.16. The van der Waals surface area contributed by atoms with Crippen LogP contribution in [-0.2, 0) is 16.1 Å². The molecule has 1 fully saturated rings. The molecule has 2 amide bonds. The van der Waals surface area contributed by atoms with E-state index in [2.05, 4.69) is 6.92 Å². The average Bonchev–Trinajstić information content (AvgIpc) is 2.60. The number of piperidine rings is 1. The van der Waals surface area contributed by atoms with Gasteiger partial charge < -0.3 is 19.3 Å². The van der Waals surface area contributed by atoms with Crippen LogP contribution < -0.4 is 9.47 Å². The first-order valence-electron chi connectivity index (χ1n) is 8.68. The number of nitrogens with zero attached hydrogens (tertiary/aromatic N) is 2. The second kappa shape index (κ2) is 8.74. The number of hydrogen-bond acceptors (Lipinski definition) is 4. The minimum absolute atomic E-state index is 0.0160. The molecule has 0 saturated carbocycles. The first-order valence-corrected chi connectivity index (χ1v) is 8.68. The highest BCUT2D eigenvalue weighted by atomic mass is 16.5. The van der Waals surface area contributed by atoms with Crippen molar-refractivity contribution < 1.29 is 19.1 Å². The normalized spacial score (nSPS) is 17.1. The fourth-order valence-corrected chi connectivity index (χ4v) is 3.16. The first kappa shape index (κ1) is 19.1. The van der Waals surface area contributed by atoms with Gasteiger partial charge in [0.15, 0.2) is 11.5 Å². The molecular formula is C19H28N2O4. The SMILES string of the molecule is COc1ccc(CN(CC(=O)N2CCCC(C)C2)C(C)=O)cc1OC. The molecular weight excluding hydrogens is 320 g/mol. The molecule has 25 heavy (non-hydrogen) atoms. The van der Waals surface area contributed by atoms with E-state index in [9.17, 15) is 9.59 Å². The van der Waals surface area contributed by atoms with E-state index in [1.807, 2.05) is 17.0 Å². The van der Waals surface area contributed by atoms with Crippen LogP contribution in [0.4, 0.5) is 0 Å². The Bertz CT molecular complexity index is 617. The Balaban J connectivity index is 2.05. The maximum Gasteiger partial charge on any atom is 0.242 e. The molecule has 1 aliphatic rings. The van der Waals surface area contributed by atoms with E-state index < -0.39 is 0 Å². The zero-order chi connectivity index (χ0) is 18.4. The van der Waals surface area contributed by atoms with Gasteiger partial charge in [0.25, 0.3) is 0 Å². The molecule has 1 aromatic rings. The average molecular weight is 348 g/mol. The lowest BCUT2D eigenvalue weighted by Gasteiger charge is -2.32. The van der Waals surface area contributed by atoms with Crippen molar-refractivity contribution in [3.63, 3.8) is 0 Å². The summed E-state index contributed by atoms with van der Waals surface area (Å²) in [5.41, 5.74) is 0.896. The van der Waals surface area contributed by atoms with E-state index in [-0.39, 0.29) is 18.4 Å². The summed E-state index contributed by atoms with van der Waals surface area (Å²) in [5, 5.41) is 0. The largest absolute Gasteiger partial charge is 0.493 e. The zero-order valence-corrected chi connectivity index (χ0v) is 15.6. The Morgan fingerprint density at radius 1 is 1.24 bits per heavy atom. The lowest BCUT2D eigenvalue weighted by molar-refractivity contribution is -0.140. The van der Waals surface area contributed by atoms with Gasteiger partial charge in [-0.25, -0.2) is 0 Å². The summed E-state index contributed by atoms with van der Waals surface area (Å²) in [4.78, 5) is 28.0. The van der Waals surface area contributed by atoms with Crippen molar-refractivity contribution in [3.05, 3.63) is 23.8 Å². The Morgan fingerprint density at radius 2 is 1.96 bits per heavy atom. The first-order chi connectivity index (χ1) is 11.9. The molecule has 2 rings (SSSR count). The van der Waals surface area contributed by atoms with Gasteiger partial charge in [-0.15, -0.1) is 0 Å². The number of rotatable bonds is 6. The van der Waals surface area contributed by atoms with Gasteiger partial charge in [-0.3, -0.25) is 9.59 Å². The molecule has 1 saturated heterocycles. The van der Waals surface area contributed by atoms with Crippen molar-refractivity contribution in [3.8, 4) is 11.5 Å². The van der Waals surface area contributed by atoms with E-state index in [1.165, 1.54) is 6.92 Å². The quantitative estimate of drug-likeness (QED) is 0.792. The summed E-state index contributed by atoms with van der Waals surface area (Å²) >= 11 is 0. The summed E-state index contributed by atoms with van der Waals surface area (Å²) in [6.07, 6.45) is 2.19. The number of methoxy groups -OCH3 is 2. The number of hydrogen-bond donors (Lipinski definition) is 0. The van der Waals surface area contributed by atoms with Crippen LogP contribution in [0.2, 0.25) is 0 Å². The Kier molecular flexibility index (Phi) is 6.67. The highest BCUT2D eigenvalue weighted by Crippen LogP contribution is 2.28. The van der Waals surface area contributed by atoms with Gasteiger partial charge in [-0.1, -0.05) is 13.0 Å². The molecule has 0 aromatic heterocycles. The third-order valence-electron chi connectivity index (χ3n) is 4.60. The van der Waals surface area contributed by atoms with Crippen molar-refractivity contribution in [2.45, 2.75) is 33.2 Å². The molecule has 6 heteroatoms. The third kappa shape index (κ3) is 5.11. The maximum absolute atomic E-state index is 12.6. The van der Waals surface area contributed by atoms with Gasteiger partial charge in [0.05, 0.1) is 14.2 Å². The minimum atomic E-state index is -0.117. The predicted octanol–water partition coefficient (Wildman–Crippen LogP) is 2.31. The molecule has 1 atom stereocenters. The molecule has 0 N–H and O–H groups in total. The number of ether oxygens (including phenoxy) is 2. The smallest absolute Gasteiger partial charge is 0.242 e. The predicted molar refractivity (Wildman–Crippen MR) is 95.6 cm³/mol. The third-order valence-corrected chi connectivity index (χ3v) is 4.60. The molecule has 0 radical (unpaired) electrons. The van der Waals surface area contributed by atoms with Crippen LogP contribution in [0.15, 0.2) is 18.2 Å². The van der Waals surface area contributed by atoms with Crippen LogP contribution in [-0.4, -0.2) is 55.5 Å². The van der Waals surface area contributed by atoms with Crippen molar-refractivity contribution in [2.24, 2.45) is 5.92 Å². The van der Waals surface area contributed by atoms with Gasteiger partial charge in [0, 0.05) is 26.6 Å². The van der Waals surface area contributed by atoms with Crippen molar-refractivity contribution in [2.75, 3.05) is 33.9 Å². The molecule has 0 spiro atoms. The van der Waals surface area contributed by atoms with E-state index in [4.69, 9.17) is 9.47 Å². The molecule has 1 aromatic carbocycles. The van der Waals surface area contributed by atoms with E-state index in [1.54, 1.807) is 25.2 Å². The van der Waals surface area contributed by atoms with E-state index in [0.717, 1.165) is 31.5 Å². The fraction of sp³-hybridized carbons (Fsp3) is 0.579. The standard InChI is InChI=1S/C19H28N2O4/c1-14-6-5-9-20(11-14)19(23)13-21(15(2)22)12-16-7-8-17(24-3)18(10-16)25-4/h7-8,10,14H,5-6,9,11-13H2,1-4H3. The highest BCUT2D eigenvalue weighted by molar-refractivity contribution is 5.84. The number of carbonyl (C=O) groups is 2. The van der Waals surface area contributed by atoms with Crippen molar-refractivity contribution in [1.82, 2.24) is 9.80 Å². The number of carbonyl (C=O) groups excluding carboxylic acids is 2. The number of amides is 2. The van der Waals surface area contributed by atoms with Gasteiger partial charge in [-0.05, 0) is 36.5 Å². The number of benzene rings is 1. The van der Waals surface area contributed by atoms with Gasteiger partial charge in [0.1, 0.15) is 6.54 Å². The molecule has 6 nitrogen and oxygen atoms in total. The molecule has 1 heterocycles. The van der Waals surface area contributed by atoms with Crippen LogP contribution in [0, 0.1) is 5.92 Å². The number of likely N-dealkylation sites (tertiary alicyclic amines) is 1. The summed E-state index contributed by atoms with van der Waals surface area (Å²) in [5.74, 6) is 1.67. The summed E-state index contributed by atoms with van der Waals surface area (Å²) in [7, 11) is 3.16. The second-order valence-electron chi connectivity index (χ2n) is 6.65. The lowest BCUT2D eigenvalue weighted by Crippen LogP contribution is -2.45. The summed E-state index contributed by atoms with van der Waals surface area (Å²) < 4.78 is 10.5. The van der Waals surface area contributed by atoms with Crippen LogP contribution in [0.1, 0.15) is 32.3 Å². The topological polar surface area (TPSA) is 59.1 Å². The Morgan fingerprint density at radius 3 is 2.56 bits per heavy atom. The molecule has 1 unspecified atom stereocenters. The van der Waals surface area contributed by atoms with Crippen molar-refractivity contribution in [1.29, 1.82) is 0 Å². The van der Waals surface area contributed by atoms with Crippen LogP contribution in [0.5, 0.6) is 11.5 Å². The molecule has 1 aliphatic heterocycles. The van der Waals surface area contributed by atoms with E-state index in [0.29, 0.717) is 24.0 Å². The van der Waals surface area contributed by atoms with Crippen LogP contribution >= 0.6 is 0 Å². The Hall–Kier alpha value is -2.24. The summed E-state index contributed by atoms with van der Waals surface area (Å²) in [6, 6.07) is 5.52. The zero-order valence-electron chi connectivity index (χ0n) is 15.6. The minimum Gasteiger partial charge on any atom is -0.493 e. The maximum atomic E-state index is 12.6. The molecule has 138 valence electrons. The lowest BCUT2D eigenvalue weighted by atomic mass is 10.0. The van der Waals surface area contributed by atoms with Gasteiger partial charge in [0.2, 0.25) is 11.8 Å². The highest BCUT2D eigenvalue weighted by Gasteiger charge is 2.23. The second-order valence-corrected chi connectivity index (χ2v) is 6.65. The van der Waals surface area contributed by atoms with Crippen LogP contribution in [0.25, 0.3) is 0 Å². The van der Waals surface area contributed by atoms with Crippen LogP contribution in [0.3, 0.4) is 0 Å².